The maximum absolute atomic E-state index is 13.8. The molecule has 0 spiro atoms. The third-order valence-electron chi connectivity index (χ3n) is 6.19. The van der Waals surface area contributed by atoms with Crippen LogP contribution in [0, 0.1) is 0 Å². The van der Waals surface area contributed by atoms with E-state index >= 15 is 0 Å². The third kappa shape index (κ3) is 4.90. The summed E-state index contributed by atoms with van der Waals surface area (Å²) >= 11 is 0. The van der Waals surface area contributed by atoms with E-state index in [-0.39, 0.29) is 25.5 Å². The third-order valence-corrected chi connectivity index (χ3v) is 6.19. The molecule has 1 aliphatic carbocycles. The molecular formula is C20H29F2N9O. The highest BCUT2D eigenvalue weighted by atomic mass is 19.3. The molecule has 3 aliphatic rings. The molecule has 174 valence electrons. The van der Waals surface area contributed by atoms with Crippen molar-refractivity contribution in [3.8, 4) is 0 Å². The second-order valence-electron chi connectivity index (χ2n) is 8.72. The highest BCUT2D eigenvalue weighted by Gasteiger charge is 2.39. The molecule has 2 N–H and O–H groups in total. The average molecular weight is 450 g/mol. The number of alkyl halides is 2. The van der Waals surface area contributed by atoms with Crippen LogP contribution in [-0.2, 0) is 4.74 Å². The molecule has 0 atom stereocenters. The van der Waals surface area contributed by atoms with E-state index in [0.717, 1.165) is 38.4 Å². The topological polar surface area (TPSA) is 98.3 Å². The van der Waals surface area contributed by atoms with E-state index in [4.69, 9.17) is 4.74 Å². The number of hydrogen-bond donors (Lipinski definition) is 2. The number of rotatable bonds is 8. The molecule has 12 heteroatoms. The van der Waals surface area contributed by atoms with E-state index < -0.39 is 5.92 Å². The van der Waals surface area contributed by atoms with Crippen LogP contribution in [0.5, 0.6) is 0 Å². The summed E-state index contributed by atoms with van der Waals surface area (Å²) in [6.45, 7) is 4.63. The first-order chi connectivity index (χ1) is 15.5. The predicted octanol–water partition coefficient (Wildman–Crippen LogP) is 1.83. The van der Waals surface area contributed by atoms with Crippen molar-refractivity contribution in [1.82, 2.24) is 30.0 Å². The number of halogens is 2. The smallest absolute Gasteiger partial charge is 0.267 e. The van der Waals surface area contributed by atoms with Gasteiger partial charge in [0.05, 0.1) is 13.2 Å². The Balaban J connectivity index is 1.35. The molecule has 2 aromatic rings. The highest BCUT2D eigenvalue weighted by Crippen LogP contribution is 2.39. The van der Waals surface area contributed by atoms with Gasteiger partial charge in [0.15, 0.2) is 5.82 Å². The lowest BCUT2D eigenvalue weighted by Crippen LogP contribution is -2.48. The SMILES string of the molecule is COCCN1CCN(c2nc(Nc3cc(C4CC4)[nH]n3)nc(N3CCC(F)(F)C3)n2)CC1. The number of methoxy groups -OCH3 is 1. The van der Waals surface area contributed by atoms with E-state index in [9.17, 15) is 8.78 Å². The molecule has 2 aromatic heterocycles. The lowest BCUT2D eigenvalue weighted by molar-refractivity contribution is 0.0256. The molecule has 2 aliphatic heterocycles. The zero-order chi connectivity index (χ0) is 22.1. The van der Waals surface area contributed by atoms with Gasteiger partial charge in [0.1, 0.15) is 0 Å². The van der Waals surface area contributed by atoms with Crippen molar-refractivity contribution in [2.45, 2.75) is 31.1 Å². The molecule has 0 radical (unpaired) electrons. The van der Waals surface area contributed by atoms with Crippen molar-refractivity contribution in [3.63, 3.8) is 0 Å². The number of nitrogens with one attached hydrogen (secondary N) is 2. The fraction of sp³-hybridized carbons (Fsp3) is 0.700. The molecule has 0 amide bonds. The van der Waals surface area contributed by atoms with Crippen LogP contribution in [0.25, 0.3) is 0 Å². The summed E-state index contributed by atoms with van der Waals surface area (Å²) in [5.41, 5.74) is 1.09. The van der Waals surface area contributed by atoms with Gasteiger partial charge in [-0.3, -0.25) is 10.00 Å². The van der Waals surface area contributed by atoms with Crippen LogP contribution in [-0.4, -0.2) is 95.5 Å². The second-order valence-corrected chi connectivity index (χ2v) is 8.72. The minimum absolute atomic E-state index is 0.195. The van der Waals surface area contributed by atoms with Crippen LogP contribution in [0.1, 0.15) is 30.9 Å². The largest absolute Gasteiger partial charge is 0.383 e. The van der Waals surface area contributed by atoms with Crippen molar-refractivity contribution in [2.24, 2.45) is 0 Å². The number of anilines is 4. The quantitative estimate of drug-likeness (QED) is 0.625. The van der Waals surface area contributed by atoms with Crippen LogP contribution in [0.2, 0.25) is 0 Å². The molecule has 0 aromatic carbocycles. The van der Waals surface area contributed by atoms with Crippen LogP contribution in [0.15, 0.2) is 6.07 Å². The van der Waals surface area contributed by atoms with Crippen molar-refractivity contribution in [2.75, 3.05) is 74.6 Å². The Morgan fingerprint density at radius 3 is 2.50 bits per heavy atom. The van der Waals surface area contributed by atoms with Crippen LogP contribution < -0.4 is 15.1 Å². The Hall–Kier alpha value is -2.60. The minimum Gasteiger partial charge on any atom is -0.383 e. The average Bonchev–Trinajstić information content (AvgIpc) is 3.43. The summed E-state index contributed by atoms with van der Waals surface area (Å²) < 4.78 is 32.9. The summed E-state index contributed by atoms with van der Waals surface area (Å²) in [6.07, 6.45) is 2.14. The molecule has 10 nitrogen and oxygen atoms in total. The molecule has 4 heterocycles. The molecule has 5 rings (SSSR count). The number of piperazine rings is 1. The number of hydrogen-bond acceptors (Lipinski definition) is 9. The maximum Gasteiger partial charge on any atom is 0.267 e. The first kappa shape index (κ1) is 21.3. The Morgan fingerprint density at radius 1 is 1.09 bits per heavy atom. The fourth-order valence-corrected chi connectivity index (χ4v) is 4.11. The normalized spacial score (nSPS) is 21.3. The van der Waals surface area contributed by atoms with Gasteiger partial charge in [-0.1, -0.05) is 0 Å². The number of aromatic nitrogens is 5. The minimum atomic E-state index is -2.73. The van der Waals surface area contributed by atoms with Gasteiger partial charge >= 0.3 is 0 Å². The van der Waals surface area contributed by atoms with Gasteiger partial charge in [0, 0.05) is 70.5 Å². The van der Waals surface area contributed by atoms with Crippen LogP contribution in [0.4, 0.5) is 32.4 Å². The zero-order valence-electron chi connectivity index (χ0n) is 18.2. The molecule has 1 saturated carbocycles. The number of H-pyrrole nitrogens is 1. The Morgan fingerprint density at radius 2 is 1.84 bits per heavy atom. The van der Waals surface area contributed by atoms with E-state index in [1.807, 2.05) is 6.07 Å². The standard InChI is InChI=1S/C20H29F2N9O/c1-32-11-10-29-6-8-30(9-7-29)18-24-17(23-16-12-15(27-28-16)14-2-3-14)25-19(26-18)31-5-4-20(21,22)13-31/h12,14H,2-11,13H2,1H3,(H2,23,24,25,26,27,28). The van der Waals surface area contributed by atoms with Gasteiger partial charge < -0.3 is 19.9 Å². The first-order valence-corrected chi connectivity index (χ1v) is 11.2. The second kappa shape index (κ2) is 8.74. The lowest BCUT2D eigenvalue weighted by Gasteiger charge is -2.34. The summed E-state index contributed by atoms with van der Waals surface area (Å²) in [4.78, 5) is 19.5. The first-order valence-electron chi connectivity index (χ1n) is 11.2. The Bertz CT molecular complexity index is 928. The lowest BCUT2D eigenvalue weighted by atomic mass is 10.3. The fourth-order valence-electron chi connectivity index (χ4n) is 4.11. The van der Waals surface area contributed by atoms with Gasteiger partial charge in [-0.05, 0) is 12.8 Å². The van der Waals surface area contributed by atoms with Crippen LogP contribution in [0.3, 0.4) is 0 Å². The van der Waals surface area contributed by atoms with Gasteiger partial charge in [-0.2, -0.15) is 20.1 Å². The highest BCUT2D eigenvalue weighted by molar-refractivity contribution is 5.54. The van der Waals surface area contributed by atoms with Crippen molar-refractivity contribution < 1.29 is 13.5 Å². The number of aromatic amines is 1. The number of nitrogens with zero attached hydrogens (tertiary/aromatic N) is 7. The summed E-state index contributed by atoms with van der Waals surface area (Å²) in [6, 6.07) is 1.96. The van der Waals surface area contributed by atoms with Gasteiger partial charge in [0.25, 0.3) is 5.92 Å². The molecule has 0 unspecified atom stereocenters. The maximum atomic E-state index is 13.8. The molecule has 3 fully saturated rings. The molecular weight excluding hydrogens is 420 g/mol. The Kier molecular flexibility index (Phi) is 5.80. The summed E-state index contributed by atoms with van der Waals surface area (Å²) in [7, 11) is 1.70. The van der Waals surface area contributed by atoms with E-state index in [1.165, 1.54) is 17.7 Å². The zero-order valence-corrected chi connectivity index (χ0v) is 18.2. The summed E-state index contributed by atoms with van der Waals surface area (Å²) in [5, 5.41) is 10.5. The molecule has 0 bridgehead atoms. The van der Waals surface area contributed by atoms with Gasteiger partial charge in [-0.15, -0.1) is 0 Å². The van der Waals surface area contributed by atoms with Crippen molar-refractivity contribution >= 4 is 23.7 Å². The van der Waals surface area contributed by atoms with Crippen molar-refractivity contribution in [3.05, 3.63) is 11.8 Å². The van der Waals surface area contributed by atoms with Crippen LogP contribution >= 0.6 is 0 Å². The van der Waals surface area contributed by atoms with E-state index in [0.29, 0.717) is 30.2 Å². The molecule has 32 heavy (non-hydrogen) atoms. The van der Waals surface area contributed by atoms with E-state index in [2.05, 4.69) is 40.3 Å². The van der Waals surface area contributed by atoms with Crippen molar-refractivity contribution in [1.29, 1.82) is 0 Å². The van der Waals surface area contributed by atoms with Gasteiger partial charge in [0.2, 0.25) is 17.8 Å². The van der Waals surface area contributed by atoms with E-state index in [1.54, 1.807) is 7.11 Å². The predicted molar refractivity (Wildman–Crippen MR) is 116 cm³/mol. The van der Waals surface area contributed by atoms with Gasteiger partial charge in [-0.25, -0.2) is 8.78 Å². The monoisotopic (exact) mass is 449 g/mol. The number of ether oxygens (including phenoxy) is 1. The molecule has 2 saturated heterocycles. The summed E-state index contributed by atoms with van der Waals surface area (Å²) in [5.74, 6) is -0.480. The Labute approximate surface area is 185 Å².